The van der Waals surface area contributed by atoms with Gasteiger partial charge in [-0.25, -0.2) is 9.97 Å². The molecular weight excluding hydrogens is 467 g/mol. The van der Waals surface area contributed by atoms with Gasteiger partial charge >= 0.3 is 6.18 Å². The average Bonchev–Trinajstić information content (AvgIpc) is 3.25. The van der Waals surface area contributed by atoms with E-state index in [9.17, 15) is 22.8 Å². The molecule has 0 bridgehead atoms. The lowest BCUT2D eigenvalue weighted by atomic mass is 10.1. The minimum absolute atomic E-state index is 0.00947. The lowest BCUT2D eigenvalue weighted by Gasteiger charge is -2.11. The molecule has 3 rings (SSSR count). The molecule has 12 heteroatoms. The molecule has 1 atom stereocenters. The van der Waals surface area contributed by atoms with E-state index >= 15 is 0 Å². The highest BCUT2D eigenvalue weighted by atomic mass is 19.4. The number of carbonyl (C=O) groups excluding carboxylic acids is 2. The second-order valence-electron chi connectivity index (χ2n) is 8.13. The van der Waals surface area contributed by atoms with Crippen LogP contribution in [0.15, 0.2) is 28.7 Å². The Kier molecular flexibility index (Phi) is 7.64. The molecule has 1 aromatic carbocycles. The number of ether oxygens (including phenoxy) is 1. The lowest BCUT2D eigenvalue weighted by Crippen LogP contribution is -2.36. The van der Waals surface area contributed by atoms with Crippen LogP contribution in [0, 0.1) is 5.92 Å². The highest BCUT2D eigenvalue weighted by molar-refractivity contribution is 5.98. The lowest BCUT2D eigenvalue weighted by molar-refractivity contribution is -0.141. The van der Waals surface area contributed by atoms with Gasteiger partial charge in [0, 0.05) is 30.0 Å². The molecule has 9 nitrogen and oxygen atoms in total. The molecule has 2 heterocycles. The first kappa shape index (κ1) is 25.9. The van der Waals surface area contributed by atoms with Crippen molar-refractivity contribution in [1.29, 1.82) is 0 Å². The van der Waals surface area contributed by atoms with Gasteiger partial charge in [0.15, 0.2) is 11.5 Å². The van der Waals surface area contributed by atoms with E-state index in [0.717, 1.165) is 6.07 Å². The Morgan fingerprint density at radius 3 is 2.37 bits per heavy atom. The Hall–Kier alpha value is -3.67. The quantitative estimate of drug-likeness (QED) is 0.410. The van der Waals surface area contributed by atoms with Gasteiger partial charge in [-0.3, -0.25) is 9.59 Å². The van der Waals surface area contributed by atoms with E-state index in [1.165, 1.54) is 19.2 Å². The van der Waals surface area contributed by atoms with E-state index < -0.39 is 23.8 Å². The van der Waals surface area contributed by atoms with Crippen LogP contribution < -0.4 is 21.1 Å². The summed E-state index contributed by atoms with van der Waals surface area (Å²) < 4.78 is 50.6. The first-order valence-electron chi connectivity index (χ1n) is 10.8. The summed E-state index contributed by atoms with van der Waals surface area (Å²) in [6.45, 7) is 5.47. The van der Waals surface area contributed by atoms with Gasteiger partial charge < -0.3 is 25.5 Å². The third-order valence-electron chi connectivity index (χ3n) is 5.08. The number of hydrogen-bond donors (Lipinski definition) is 3. The highest BCUT2D eigenvalue weighted by Gasteiger charge is 2.33. The number of rotatable bonds is 8. The van der Waals surface area contributed by atoms with E-state index in [4.69, 9.17) is 14.9 Å². The predicted molar refractivity (Wildman–Crippen MR) is 122 cm³/mol. The number of nitrogens with zero attached hydrogens (tertiary/aromatic N) is 2. The molecule has 0 aliphatic rings. The molecular formula is C23H26F3N5O4. The molecule has 0 saturated carbocycles. The van der Waals surface area contributed by atoms with Crippen molar-refractivity contribution in [2.24, 2.45) is 11.7 Å². The van der Waals surface area contributed by atoms with Crippen LogP contribution in [0.5, 0.6) is 5.75 Å². The zero-order chi connectivity index (χ0) is 25.9. The fourth-order valence-electron chi connectivity index (χ4n) is 3.27. The molecule has 3 aromatic rings. The van der Waals surface area contributed by atoms with Crippen molar-refractivity contribution in [1.82, 2.24) is 20.6 Å². The number of halogens is 3. The number of benzene rings is 1. The van der Waals surface area contributed by atoms with Crippen LogP contribution in [0.3, 0.4) is 0 Å². The van der Waals surface area contributed by atoms with Crippen LogP contribution >= 0.6 is 0 Å². The molecule has 35 heavy (non-hydrogen) atoms. The first-order chi connectivity index (χ1) is 16.4. The summed E-state index contributed by atoms with van der Waals surface area (Å²) in [6.07, 6.45) is -4.64. The van der Waals surface area contributed by atoms with Gasteiger partial charge in [0.2, 0.25) is 11.8 Å². The van der Waals surface area contributed by atoms with Gasteiger partial charge in [0.05, 0.1) is 13.2 Å². The number of alkyl halides is 3. The summed E-state index contributed by atoms with van der Waals surface area (Å²) in [5.41, 5.74) is 5.11. The summed E-state index contributed by atoms with van der Waals surface area (Å²) in [5.74, 6) is -0.670. The molecule has 188 valence electrons. The zero-order valence-electron chi connectivity index (χ0n) is 19.6. The first-order valence-corrected chi connectivity index (χ1v) is 10.8. The Balaban J connectivity index is 1.96. The largest absolute Gasteiger partial charge is 0.494 e. The van der Waals surface area contributed by atoms with Crippen molar-refractivity contribution in [3.63, 3.8) is 0 Å². The molecule has 0 aliphatic heterocycles. The van der Waals surface area contributed by atoms with Crippen LogP contribution in [-0.2, 0) is 11.0 Å². The van der Waals surface area contributed by atoms with Crippen molar-refractivity contribution in [2.75, 3.05) is 20.2 Å². The average molecular weight is 493 g/mol. The van der Waals surface area contributed by atoms with E-state index in [1.807, 2.05) is 0 Å². The molecule has 2 amide bonds. The SMILES string of the molecule is COc1ccc(-c2nc(C(=O)NCCNC(=O)C(C)C)c([C@H](C)N)o2)c2ccc(C(F)(F)F)nc12. The van der Waals surface area contributed by atoms with Gasteiger partial charge in [-0.15, -0.1) is 0 Å². The number of fused-ring (bicyclic) bond motifs is 1. The minimum Gasteiger partial charge on any atom is -0.494 e. The van der Waals surface area contributed by atoms with Crippen LogP contribution in [0.2, 0.25) is 0 Å². The molecule has 0 saturated heterocycles. The number of methoxy groups -OCH3 is 1. The predicted octanol–water partition coefficient (Wildman–Crippen LogP) is 3.44. The van der Waals surface area contributed by atoms with E-state index in [-0.39, 0.29) is 58.9 Å². The van der Waals surface area contributed by atoms with Crippen LogP contribution in [0.25, 0.3) is 22.4 Å². The Morgan fingerprint density at radius 2 is 1.77 bits per heavy atom. The van der Waals surface area contributed by atoms with Gasteiger partial charge in [0.1, 0.15) is 17.0 Å². The van der Waals surface area contributed by atoms with Crippen molar-refractivity contribution in [2.45, 2.75) is 33.0 Å². The maximum absolute atomic E-state index is 13.2. The van der Waals surface area contributed by atoms with Crippen molar-refractivity contribution in [3.8, 4) is 17.2 Å². The van der Waals surface area contributed by atoms with E-state index in [0.29, 0.717) is 5.56 Å². The van der Waals surface area contributed by atoms with E-state index in [2.05, 4.69) is 20.6 Å². The summed E-state index contributed by atoms with van der Waals surface area (Å²) in [5, 5.41) is 5.62. The van der Waals surface area contributed by atoms with Gasteiger partial charge in [-0.05, 0) is 31.2 Å². The number of pyridine rings is 1. The number of carbonyl (C=O) groups is 2. The topological polar surface area (TPSA) is 132 Å². The van der Waals surface area contributed by atoms with Crippen LogP contribution in [-0.4, -0.2) is 42.0 Å². The van der Waals surface area contributed by atoms with Gasteiger partial charge in [-0.1, -0.05) is 13.8 Å². The second kappa shape index (κ2) is 10.3. The summed E-state index contributed by atoms with van der Waals surface area (Å²) in [4.78, 5) is 32.4. The Morgan fingerprint density at radius 1 is 1.09 bits per heavy atom. The number of amides is 2. The van der Waals surface area contributed by atoms with Gasteiger partial charge in [-0.2, -0.15) is 13.2 Å². The maximum Gasteiger partial charge on any atom is 0.433 e. The van der Waals surface area contributed by atoms with Crippen LogP contribution in [0.1, 0.15) is 48.8 Å². The summed E-state index contributed by atoms with van der Waals surface area (Å²) in [7, 11) is 1.32. The van der Waals surface area contributed by atoms with Crippen molar-refractivity contribution >= 4 is 22.7 Å². The smallest absolute Gasteiger partial charge is 0.433 e. The standard InChI is InChI=1S/C23H26F3N5O4/c1-11(2)20(32)28-9-10-29-21(33)18-19(12(3)27)35-22(31-18)14-5-7-15(34-4)17-13(14)6-8-16(30-17)23(24,25)26/h5-8,11-12H,9-10,27H2,1-4H3,(H,28,32)(H,29,33)/t12-/m0/s1. The molecule has 0 unspecified atom stereocenters. The number of nitrogens with two attached hydrogens (primary N) is 1. The molecule has 0 aliphatic carbocycles. The van der Waals surface area contributed by atoms with Crippen LogP contribution in [0.4, 0.5) is 13.2 Å². The van der Waals surface area contributed by atoms with Crippen molar-refractivity contribution in [3.05, 3.63) is 41.4 Å². The maximum atomic E-state index is 13.2. The highest BCUT2D eigenvalue weighted by Crippen LogP contribution is 2.37. The summed E-state index contributed by atoms with van der Waals surface area (Å²) in [6, 6.07) is 4.39. The molecule has 0 fully saturated rings. The molecule has 2 aromatic heterocycles. The molecule has 4 N–H and O–H groups in total. The second-order valence-corrected chi connectivity index (χ2v) is 8.13. The number of hydrogen-bond acceptors (Lipinski definition) is 7. The Labute approximate surface area is 199 Å². The minimum atomic E-state index is -4.64. The van der Waals surface area contributed by atoms with Gasteiger partial charge in [0.25, 0.3) is 5.91 Å². The van der Waals surface area contributed by atoms with Crippen molar-refractivity contribution < 1.29 is 31.9 Å². The zero-order valence-corrected chi connectivity index (χ0v) is 19.6. The fraction of sp³-hybridized carbons (Fsp3) is 0.391. The normalized spacial score (nSPS) is 12.6. The number of aromatic nitrogens is 2. The third-order valence-corrected chi connectivity index (χ3v) is 5.08. The van der Waals surface area contributed by atoms with E-state index in [1.54, 1.807) is 26.8 Å². The number of nitrogens with one attached hydrogen (secondary N) is 2. The number of oxazole rings is 1. The Bertz CT molecular complexity index is 1240. The monoisotopic (exact) mass is 493 g/mol. The fourth-order valence-corrected chi connectivity index (χ4v) is 3.27. The molecule has 0 radical (unpaired) electrons. The third kappa shape index (κ3) is 5.70. The summed E-state index contributed by atoms with van der Waals surface area (Å²) >= 11 is 0. The molecule has 0 spiro atoms.